The Bertz CT molecular complexity index is 1650. The number of amides is 2. The van der Waals surface area contributed by atoms with E-state index >= 15 is 0 Å². The van der Waals surface area contributed by atoms with E-state index in [9.17, 15) is 57.8 Å². The minimum atomic E-state index is -1.66. The van der Waals surface area contributed by atoms with Gasteiger partial charge in [0.1, 0.15) is 42.3 Å². The molecule has 0 spiro atoms. The fraction of sp³-hybridized carbons (Fsp3) is 0.725. The molecule has 0 aliphatic carbocycles. The molecular formula is C40H58N2O22S2. The first-order chi connectivity index (χ1) is 31.0. The van der Waals surface area contributed by atoms with Crippen molar-refractivity contribution in [2.75, 3.05) is 31.3 Å². The molecule has 66 heavy (non-hydrogen) atoms. The van der Waals surface area contributed by atoms with Gasteiger partial charge in [0.25, 0.3) is 0 Å². The molecule has 0 unspecified atom stereocenters. The predicted molar refractivity (Wildman–Crippen MR) is 224 cm³/mol. The summed E-state index contributed by atoms with van der Waals surface area (Å²) in [6, 6.07) is -1.66. The van der Waals surface area contributed by atoms with Crippen LogP contribution in [0.25, 0.3) is 0 Å². The molecule has 0 aromatic heterocycles. The van der Waals surface area contributed by atoms with Gasteiger partial charge in [0, 0.05) is 79.7 Å². The van der Waals surface area contributed by atoms with E-state index in [0.29, 0.717) is 11.3 Å². The molecule has 0 saturated carbocycles. The van der Waals surface area contributed by atoms with Crippen LogP contribution in [0.4, 0.5) is 0 Å². The normalized spacial score (nSPS) is 25.1. The second kappa shape index (κ2) is 28.2. The molecule has 372 valence electrons. The van der Waals surface area contributed by atoms with Gasteiger partial charge in [-0.05, 0) is 25.8 Å². The number of hydrogen-bond acceptors (Lipinski definition) is 24. The van der Waals surface area contributed by atoms with Gasteiger partial charge in [0.15, 0.2) is 36.6 Å². The zero-order chi connectivity index (χ0) is 49.8. The van der Waals surface area contributed by atoms with Crippen LogP contribution in [0.1, 0.15) is 87.5 Å². The number of carboxylic acids is 1. The zero-order valence-electron chi connectivity index (χ0n) is 37.8. The first kappa shape index (κ1) is 57.1. The van der Waals surface area contributed by atoms with Crippen LogP contribution in [0, 0.1) is 0 Å². The second-order valence-corrected chi connectivity index (χ2v) is 17.1. The highest BCUT2D eigenvalue weighted by Gasteiger charge is 2.54. The number of nitrogens with zero attached hydrogens (tertiary/aromatic N) is 1. The van der Waals surface area contributed by atoms with Gasteiger partial charge in [-0.25, -0.2) is 4.79 Å². The first-order valence-electron chi connectivity index (χ1n) is 20.6. The van der Waals surface area contributed by atoms with Gasteiger partial charge in [-0.3, -0.25) is 52.8 Å². The number of hydrogen-bond donors (Lipinski definition) is 2. The summed E-state index contributed by atoms with van der Waals surface area (Å²) in [7, 11) is 0. The molecule has 0 radical (unpaired) electrons. The standard InChI is InChI=1S/C40H58N2O22S2/c1-19(43)55-17-28-32(57-21(3)45)34(59-23(5)47)36(61-25(7)49)39(63-28)65-15-12-30(51)42(27(38(53)54)11-9-10-14-41)31(52)13-16-66-40-37(62-26(8)50)35(60-24(6)48)33(58-22(4)46)29(64-40)18-56-20(2)44/h27-29,32-37,39-40H,9-18,41H2,1-8H3,(H,53,54)/t27-,28-,29-,32-,33-,34+,35+,36+,37+,39-,40-/m1/s1. The predicted octanol–water partition coefficient (Wildman–Crippen LogP) is 0.337. The van der Waals surface area contributed by atoms with Crippen LogP contribution in [0.15, 0.2) is 0 Å². The summed E-state index contributed by atoms with van der Waals surface area (Å²) in [4.78, 5) is 138. The third kappa shape index (κ3) is 19.0. The van der Waals surface area contributed by atoms with E-state index in [1.807, 2.05) is 0 Å². The minimum absolute atomic E-state index is 0.177. The SMILES string of the molecule is CC(=O)OC[C@H]1O[C@H](SCCC(=O)N(C(=O)CCS[C@H]2O[C@H](COC(C)=O)[C@@H](OC(C)=O)[C@H](OC(C)=O)[C@@H]2OC(C)=O)[C@H](CCCCN)C(=O)O)[C@@H](OC(C)=O)[C@@H](OC(C)=O)[C@@H]1OC(C)=O. The Morgan fingerprint density at radius 3 is 1.15 bits per heavy atom. The third-order valence-electron chi connectivity index (χ3n) is 9.16. The maximum absolute atomic E-state index is 14.0. The summed E-state index contributed by atoms with van der Waals surface area (Å²) in [5.41, 5.74) is 3.07. The molecule has 2 fully saturated rings. The number of carboxylic acid groups (broad SMARTS) is 1. The fourth-order valence-electron chi connectivity index (χ4n) is 6.74. The molecule has 0 aromatic rings. The Hall–Kier alpha value is -5.05. The van der Waals surface area contributed by atoms with Crippen molar-refractivity contribution < 1.29 is 105 Å². The molecule has 11 atom stereocenters. The summed E-state index contributed by atoms with van der Waals surface area (Å²) in [6.07, 6.45) is -12.0. The number of esters is 8. The van der Waals surface area contributed by atoms with Crippen LogP contribution < -0.4 is 5.73 Å². The highest BCUT2D eigenvalue weighted by molar-refractivity contribution is 8.00. The summed E-state index contributed by atoms with van der Waals surface area (Å²) >= 11 is 1.67. The van der Waals surface area contributed by atoms with E-state index in [1.165, 1.54) is 0 Å². The Morgan fingerprint density at radius 1 is 0.515 bits per heavy atom. The topological polar surface area (TPSA) is 330 Å². The van der Waals surface area contributed by atoms with Crippen molar-refractivity contribution in [3.63, 3.8) is 0 Å². The molecule has 2 aliphatic heterocycles. The molecule has 24 nitrogen and oxygen atoms in total. The van der Waals surface area contributed by atoms with Gasteiger partial charge in [0.05, 0.1) is 0 Å². The van der Waals surface area contributed by atoms with Gasteiger partial charge in [0.2, 0.25) is 11.8 Å². The molecule has 2 rings (SSSR count). The lowest BCUT2D eigenvalue weighted by Crippen LogP contribution is -2.61. The van der Waals surface area contributed by atoms with Crippen LogP contribution in [0.3, 0.4) is 0 Å². The number of ether oxygens (including phenoxy) is 10. The second-order valence-electron chi connectivity index (χ2n) is 14.7. The monoisotopic (exact) mass is 982 g/mol. The van der Waals surface area contributed by atoms with Crippen LogP contribution in [-0.2, 0) is 100 Å². The lowest BCUT2D eigenvalue weighted by atomic mass is 9.99. The third-order valence-corrected chi connectivity index (χ3v) is 11.5. The number of carbonyl (C=O) groups is 11. The molecular weight excluding hydrogens is 925 g/mol. The van der Waals surface area contributed by atoms with Crippen molar-refractivity contribution in [1.82, 2.24) is 4.90 Å². The van der Waals surface area contributed by atoms with E-state index in [2.05, 4.69) is 0 Å². The van der Waals surface area contributed by atoms with E-state index in [-0.39, 0.29) is 30.9 Å². The van der Waals surface area contributed by atoms with Crippen LogP contribution in [0.5, 0.6) is 0 Å². The Morgan fingerprint density at radius 2 is 0.848 bits per heavy atom. The molecule has 2 aliphatic rings. The number of thioether (sulfide) groups is 2. The lowest BCUT2D eigenvalue weighted by molar-refractivity contribution is -0.237. The first-order valence-corrected chi connectivity index (χ1v) is 22.7. The van der Waals surface area contributed by atoms with E-state index in [4.69, 9.17) is 53.1 Å². The van der Waals surface area contributed by atoms with Crippen LogP contribution in [-0.4, -0.2) is 173 Å². The average Bonchev–Trinajstić information content (AvgIpc) is 3.19. The largest absolute Gasteiger partial charge is 0.480 e. The molecule has 2 saturated heterocycles. The maximum atomic E-state index is 14.0. The van der Waals surface area contributed by atoms with Gasteiger partial charge < -0.3 is 58.2 Å². The maximum Gasteiger partial charge on any atom is 0.326 e. The highest BCUT2D eigenvalue weighted by Crippen LogP contribution is 2.37. The highest BCUT2D eigenvalue weighted by atomic mass is 32.2. The molecule has 2 heterocycles. The fourth-order valence-corrected chi connectivity index (χ4v) is 9.04. The summed E-state index contributed by atoms with van der Waals surface area (Å²) < 4.78 is 54.9. The van der Waals surface area contributed by atoms with Gasteiger partial charge in [-0.1, -0.05) is 0 Å². The number of imide groups is 1. The molecule has 26 heteroatoms. The number of unbranched alkanes of at least 4 members (excludes halogenated alkanes) is 1. The molecule has 3 N–H and O–H groups in total. The summed E-state index contributed by atoms with van der Waals surface area (Å²) in [5, 5.41) is 10.3. The Kier molecular flexibility index (Phi) is 24.4. The van der Waals surface area contributed by atoms with Gasteiger partial charge in [-0.2, -0.15) is 0 Å². The van der Waals surface area contributed by atoms with Crippen LogP contribution in [0.2, 0.25) is 0 Å². The smallest absolute Gasteiger partial charge is 0.326 e. The number of aliphatic carboxylic acids is 1. The van der Waals surface area contributed by atoms with Crippen molar-refractivity contribution in [1.29, 1.82) is 0 Å². The van der Waals surface area contributed by atoms with Crippen molar-refractivity contribution in [2.45, 2.75) is 153 Å². The quantitative estimate of drug-likeness (QED) is 0.0748. The average molecular weight is 983 g/mol. The van der Waals surface area contributed by atoms with Crippen molar-refractivity contribution in [3.05, 3.63) is 0 Å². The Balaban J connectivity index is 2.46. The lowest BCUT2D eigenvalue weighted by Gasteiger charge is -2.44. The molecule has 0 aromatic carbocycles. The van der Waals surface area contributed by atoms with E-state index in [1.54, 1.807) is 0 Å². The van der Waals surface area contributed by atoms with Crippen molar-refractivity contribution in [3.8, 4) is 0 Å². The van der Waals surface area contributed by atoms with Crippen molar-refractivity contribution >= 4 is 89.1 Å². The van der Waals surface area contributed by atoms with E-state index in [0.717, 1.165) is 78.9 Å². The Labute approximate surface area is 388 Å². The summed E-state index contributed by atoms with van der Waals surface area (Å²) in [6.45, 7) is 7.71. The summed E-state index contributed by atoms with van der Waals surface area (Å²) in [5.74, 6) is -10.5. The van der Waals surface area contributed by atoms with Gasteiger partial charge >= 0.3 is 53.7 Å². The molecule has 0 bridgehead atoms. The van der Waals surface area contributed by atoms with Gasteiger partial charge in [-0.15, -0.1) is 23.5 Å². The van der Waals surface area contributed by atoms with Crippen LogP contribution >= 0.6 is 23.5 Å². The number of nitrogens with two attached hydrogens (primary N) is 1. The minimum Gasteiger partial charge on any atom is -0.480 e. The van der Waals surface area contributed by atoms with E-state index < -0.39 is 157 Å². The number of rotatable bonds is 24. The van der Waals surface area contributed by atoms with Crippen molar-refractivity contribution in [2.24, 2.45) is 5.73 Å². The molecule has 2 amide bonds. The zero-order valence-corrected chi connectivity index (χ0v) is 39.4. The number of carbonyl (C=O) groups excluding carboxylic acids is 10.